The molecule has 0 saturated heterocycles. The molecule has 3 nitrogen and oxygen atoms in total. The molecule has 1 rings (SSSR count). The minimum absolute atomic E-state index is 0.198. The van der Waals surface area contributed by atoms with Gasteiger partial charge in [0.1, 0.15) is 5.75 Å². The SMILES string of the molecule is CC(C)CC[C@@H](O)[C@@H](N)c1ccc(OC(F)(F)F)c(Cl)c1. The van der Waals surface area contributed by atoms with Gasteiger partial charge < -0.3 is 15.6 Å². The Kier molecular flexibility index (Phi) is 6.31. The Bertz CT molecular complexity index is 466. The maximum atomic E-state index is 12.1. The third-order valence-corrected chi connectivity index (χ3v) is 3.32. The molecule has 0 unspecified atom stereocenters. The fraction of sp³-hybridized carbons (Fsp3) is 0.571. The first-order chi connectivity index (χ1) is 9.60. The molecule has 0 aliphatic carbocycles. The normalized spacial score (nSPS) is 15.1. The van der Waals surface area contributed by atoms with Gasteiger partial charge in [0, 0.05) is 0 Å². The van der Waals surface area contributed by atoms with Crippen molar-refractivity contribution >= 4 is 11.6 Å². The Hall–Kier alpha value is -0.980. The van der Waals surface area contributed by atoms with Crippen LogP contribution in [-0.2, 0) is 0 Å². The molecule has 21 heavy (non-hydrogen) atoms. The summed E-state index contributed by atoms with van der Waals surface area (Å²) < 4.78 is 40.2. The second-order valence-corrected chi connectivity index (χ2v) is 5.71. The average molecular weight is 326 g/mol. The number of hydrogen-bond acceptors (Lipinski definition) is 3. The van der Waals surface area contributed by atoms with E-state index in [4.69, 9.17) is 17.3 Å². The van der Waals surface area contributed by atoms with Crippen LogP contribution >= 0.6 is 11.6 Å². The van der Waals surface area contributed by atoms with E-state index in [2.05, 4.69) is 4.74 Å². The Morgan fingerprint density at radius 2 is 1.90 bits per heavy atom. The molecule has 1 aromatic carbocycles. The molecule has 0 saturated carbocycles. The average Bonchev–Trinajstić information content (AvgIpc) is 2.36. The van der Waals surface area contributed by atoms with Gasteiger partial charge in [-0.3, -0.25) is 0 Å². The summed E-state index contributed by atoms with van der Waals surface area (Å²) in [5.41, 5.74) is 6.36. The Balaban J connectivity index is 2.78. The predicted molar refractivity (Wildman–Crippen MR) is 75.1 cm³/mol. The molecule has 0 radical (unpaired) electrons. The zero-order valence-electron chi connectivity index (χ0n) is 11.8. The second-order valence-electron chi connectivity index (χ2n) is 5.30. The van der Waals surface area contributed by atoms with Gasteiger partial charge in [0.25, 0.3) is 0 Å². The molecule has 0 aliphatic rings. The summed E-state index contributed by atoms with van der Waals surface area (Å²) in [6.45, 7) is 4.05. The molecule has 1 aromatic rings. The summed E-state index contributed by atoms with van der Waals surface area (Å²) in [7, 11) is 0. The lowest BCUT2D eigenvalue weighted by Gasteiger charge is -2.21. The highest BCUT2D eigenvalue weighted by Gasteiger charge is 2.32. The molecule has 0 bridgehead atoms. The Morgan fingerprint density at radius 1 is 1.29 bits per heavy atom. The van der Waals surface area contributed by atoms with Crippen molar-refractivity contribution in [3.05, 3.63) is 28.8 Å². The fourth-order valence-corrected chi connectivity index (χ4v) is 2.07. The molecule has 0 heterocycles. The van der Waals surface area contributed by atoms with Gasteiger partial charge in [0.2, 0.25) is 0 Å². The smallest absolute Gasteiger partial charge is 0.404 e. The highest BCUT2D eigenvalue weighted by Crippen LogP contribution is 2.32. The number of ether oxygens (including phenoxy) is 1. The van der Waals surface area contributed by atoms with Crippen LogP contribution < -0.4 is 10.5 Å². The number of aliphatic hydroxyl groups excluding tert-OH is 1. The van der Waals surface area contributed by atoms with E-state index >= 15 is 0 Å². The molecular weight excluding hydrogens is 307 g/mol. The van der Waals surface area contributed by atoms with Gasteiger partial charge in [0.15, 0.2) is 0 Å². The third kappa shape index (κ3) is 6.11. The van der Waals surface area contributed by atoms with Crippen LogP contribution in [0.5, 0.6) is 5.75 Å². The van der Waals surface area contributed by atoms with Gasteiger partial charge in [-0.1, -0.05) is 31.5 Å². The van der Waals surface area contributed by atoms with Crippen molar-refractivity contribution in [3.8, 4) is 5.75 Å². The van der Waals surface area contributed by atoms with Gasteiger partial charge in [-0.15, -0.1) is 13.2 Å². The lowest BCUT2D eigenvalue weighted by atomic mass is 9.96. The highest BCUT2D eigenvalue weighted by molar-refractivity contribution is 6.32. The first-order valence-electron chi connectivity index (χ1n) is 6.59. The summed E-state index contributed by atoms with van der Waals surface area (Å²) in [5.74, 6) is -0.0604. The summed E-state index contributed by atoms with van der Waals surface area (Å²) in [5, 5.41) is 9.79. The standard InChI is InChI=1S/C14H19ClF3NO2/c1-8(2)3-5-11(20)13(19)9-4-6-12(10(15)7-9)21-14(16,17)18/h4,6-8,11,13,20H,3,5,19H2,1-2H3/t11-,13+/m1/s1. The van der Waals surface area contributed by atoms with Gasteiger partial charge in [0.05, 0.1) is 17.2 Å². The van der Waals surface area contributed by atoms with Crippen LogP contribution in [0, 0.1) is 5.92 Å². The number of benzene rings is 1. The highest BCUT2D eigenvalue weighted by atomic mass is 35.5. The summed E-state index contributed by atoms with van der Waals surface area (Å²) in [4.78, 5) is 0. The van der Waals surface area contributed by atoms with E-state index in [1.807, 2.05) is 13.8 Å². The molecule has 0 fully saturated rings. The summed E-state index contributed by atoms with van der Waals surface area (Å²) in [6, 6.07) is 3.05. The van der Waals surface area contributed by atoms with Crippen LogP contribution in [0.15, 0.2) is 18.2 Å². The topological polar surface area (TPSA) is 55.5 Å². The van der Waals surface area contributed by atoms with Crippen LogP contribution in [0.25, 0.3) is 0 Å². The van der Waals surface area contributed by atoms with Crippen molar-refractivity contribution < 1.29 is 23.0 Å². The number of halogens is 4. The molecule has 0 aromatic heterocycles. The van der Waals surface area contributed by atoms with E-state index < -0.39 is 24.3 Å². The van der Waals surface area contributed by atoms with E-state index in [0.29, 0.717) is 17.9 Å². The van der Waals surface area contributed by atoms with Gasteiger partial charge in [-0.05, 0) is 36.5 Å². The molecule has 2 atom stereocenters. The number of hydrogen-bond donors (Lipinski definition) is 2. The predicted octanol–water partition coefficient (Wildman–Crippen LogP) is 4.04. The van der Waals surface area contributed by atoms with Crippen molar-refractivity contribution in [2.24, 2.45) is 11.7 Å². The third-order valence-electron chi connectivity index (χ3n) is 3.02. The zero-order chi connectivity index (χ0) is 16.2. The first-order valence-corrected chi connectivity index (χ1v) is 6.96. The van der Waals surface area contributed by atoms with E-state index in [1.54, 1.807) is 0 Å². The fourth-order valence-electron chi connectivity index (χ4n) is 1.84. The maximum Gasteiger partial charge on any atom is 0.573 e. The Morgan fingerprint density at radius 3 is 2.38 bits per heavy atom. The van der Waals surface area contributed by atoms with Crippen molar-refractivity contribution in [3.63, 3.8) is 0 Å². The number of alkyl halides is 3. The minimum atomic E-state index is -4.80. The quantitative estimate of drug-likeness (QED) is 0.830. The minimum Gasteiger partial charge on any atom is -0.404 e. The van der Waals surface area contributed by atoms with E-state index in [1.165, 1.54) is 12.1 Å². The molecule has 0 amide bonds. The van der Waals surface area contributed by atoms with E-state index in [0.717, 1.165) is 12.5 Å². The summed E-state index contributed by atoms with van der Waals surface area (Å²) >= 11 is 5.75. The molecule has 3 N–H and O–H groups in total. The summed E-state index contributed by atoms with van der Waals surface area (Å²) in [6.07, 6.45) is -4.27. The van der Waals surface area contributed by atoms with Crippen LogP contribution in [0.2, 0.25) is 5.02 Å². The van der Waals surface area contributed by atoms with Gasteiger partial charge >= 0.3 is 6.36 Å². The zero-order valence-corrected chi connectivity index (χ0v) is 12.6. The van der Waals surface area contributed by atoms with Crippen molar-refractivity contribution in [2.45, 2.75) is 45.2 Å². The van der Waals surface area contributed by atoms with Crippen LogP contribution in [-0.4, -0.2) is 17.6 Å². The lowest BCUT2D eigenvalue weighted by molar-refractivity contribution is -0.274. The lowest BCUT2D eigenvalue weighted by Crippen LogP contribution is -2.26. The molecule has 7 heteroatoms. The van der Waals surface area contributed by atoms with Crippen LogP contribution in [0.1, 0.15) is 38.3 Å². The molecule has 120 valence electrons. The molecule has 0 aliphatic heterocycles. The number of nitrogens with two attached hydrogens (primary N) is 1. The van der Waals surface area contributed by atoms with Crippen LogP contribution in [0.4, 0.5) is 13.2 Å². The van der Waals surface area contributed by atoms with Crippen LogP contribution in [0.3, 0.4) is 0 Å². The second kappa shape index (κ2) is 7.33. The maximum absolute atomic E-state index is 12.1. The van der Waals surface area contributed by atoms with Crippen molar-refractivity contribution in [2.75, 3.05) is 0 Å². The molecular formula is C14H19ClF3NO2. The first kappa shape index (κ1) is 18.1. The van der Waals surface area contributed by atoms with E-state index in [9.17, 15) is 18.3 Å². The number of rotatable bonds is 6. The molecule has 0 spiro atoms. The number of aliphatic hydroxyl groups is 1. The van der Waals surface area contributed by atoms with E-state index in [-0.39, 0.29) is 5.02 Å². The van der Waals surface area contributed by atoms with Gasteiger partial charge in [-0.2, -0.15) is 0 Å². The Labute approximate surface area is 126 Å². The largest absolute Gasteiger partial charge is 0.573 e. The van der Waals surface area contributed by atoms with Crippen molar-refractivity contribution in [1.29, 1.82) is 0 Å². The van der Waals surface area contributed by atoms with Gasteiger partial charge in [-0.25, -0.2) is 0 Å². The monoisotopic (exact) mass is 325 g/mol. The van der Waals surface area contributed by atoms with Crippen molar-refractivity contribution in [1.82, 2.24) is 0 Å².